The molecule has 5 nitrogen and oxygen atoms in total. The molecular weight excluding hydrogens is 254 g/mol. The monoisotopic (exact) mass is 279 g/mol. The maximum atomic E-state index is 12.2. The molecule has 0 spiro atoms. The lowest BCUT2D eigenvalue weighted by molar-refractivity contribution is 0.0929. The van der Waals surface area contributed by atoms with Crippen LogP contribution in [0.3, 0.4) is 0 Å². The van der Waals surface area contributed by atoms with Crippen molar-refractivity contribution in [2.24, 2.45) is 0 Å². The number of aromatic nitrogens is 1. The number of rotatable bonds is 8. The van der Waals surface area contributed by atoms with E-state index in [0.717, 1.165) is 30.9 Å². The number of carbonyl (C=O) groups excluding carboxylic acids is 1. The summed E-state index contributed by atoms with van der Waals surface area (Å²) in [4.78, 5) is 16.7. The topological polar surface area (TPSA) is 63.2 Å². The molecule has 0 radical (unpaired) electrons. The highest BCUT2D eigenvalue weighted by atomic mass is 16.5. The van der Waals surface area contributed by atoms with Crippen LogP contribution in [0.2, 0.25) is 0 Å². The molecule has 1 unspecified atom stereocenters. The summed E-state index contributed by atoms with van der Waals surface area (Å²) in [5.74, 6) is 0.686. The molecule has 2 N–H and O–H groups in total. The van der Waals surface area contributed by atoms with E-state index in [2.05, 4.69) is 15.6 Å². The van der Waals surface area contributed by atoms with Gasteiger partial charge in [0, 0.05) is 37.6 Å². The number of nitrogens with one attached hydrogen (secondary N) is 2. The number of nitrogens with zero attached hydrogens (tertiary/aromatic N) is 1. The molecule has 1 atom stereocenters. The van der Waals surface area contributed by atoms with Crippen molar-refractivity contribution < 1.29 is 9.53 Å². The van der Waals surface area contributed by atoms with E-state index in [1.165, 1.54) is 0 Å². The van der Waals surface area contributed by atoms with Crippen molar-refractivity contribution in [2.45, 2.75) is 39.7 Å². The molecule has 1 amide bonds. The van der Waals surface area contributed by atoms with Crippen molar-refractivity contribution in [1.29, 1.82) is 0 Å². The largest absolute Gasteiger partial charge is 0.385 e. The minimum Gasteiger partial charge on any atom is -0.385 e. The third kappa shape index (κ3) is 5.17. The summed E-state index contributed by atoms with van der Waals surface area (Å²) >= 11 is 0. The molecule has 0 bridgehead atoms. The average Bonchev–Trinajstić information content (AvgIpc) is 2.45. The summed E-state index contributed by atoms with van der Waals surface area (Å²) in [5, 5.41) is 6.13. The number of anilines is 1. The van der Waals surface area contributed by atoms with E-state index in [9.17, 15) is 4.79 Å². The normalized spacial score (nSPS) is 12.0. The Hall–Kier alpha value is -1.62. The number of pyridine rings is 1. The van der Waals surface area contributed by atoms with Crippen LogP contribution >= 0.6 is 0 Å². The molecule has 1 rings (SSSR count). The Morgan fingerprint density at radius 2 is 2.15 bits per heavy atom. The first kappa shape index (κ1) is 16.4. The first-order chi connectivity index (χ1) is 9.60. The van der Waals surface area contributed by atoms with Crippen molar-refractivity contribution in [1.82, 2.24) is 10.3 Å². The lowest BCUT2D eigenvalue weighted by Gasteiger charge is -2.14. The van der Waals surface area contributed by atoms with Gasteiger partial charge in [0.15, 0.2) is 0 Å². The molecule has 0 aromatic carbocycles. The molecule has 1 aromatic rings. The second kappa shape index (κ2) is 8.53. The number of hydrogen-bond acceptors (Lipinski definition) is 4. The van der Waals surface area contributed by atoms with Gasteiger partial charge in [0.05, 0.1) is 0 Å². The minimum atomic E-state index is -0.0649. The Labute approximate surface area is 121 Å². The van der Waals surface area contributed by atoms with Gasteiger partial charge in [-0.05, 0) is 38.8 Å². The van der Waals surface area contributed by atoms with Gasteiger partial charge in [-0.1, -0.05) is 6.92 Å². The smallest absolute Gasteiger partial charge is 0.251 e. The first-order valence-electron chi connectivity index (χ1n) is 7.15. The van der Waals surface area contributed by atoms with Gasteiger partial charge >= 0.3 is 0 Å². The van der Waals surface area contributed by atoms with E-state index < -0.39 is 0 Å². The predicted octanol–water partition coefficient (Wildman–Crippen LogP) is 2.23. The van der Waals surface area contributed by atoms with Gasteiger partial charge in [-0.25, -0.2) is 4.98 Å². The fourth-order valence-electron chi connectivity index (χ4n) is 1.85. The SMILES string of the molecule is CCNc1cc(C(=O)NC(C)CCOC)cc(CC)n1. The van der Waals surface area contributed by atoms with Gasteiger partial charge < -0.3 is 15.4 Å². The Bertz CT molecular complexity index is 435. The van der Waals surface area contributed by atoms with Crippen LogP contribution in [-0.4, -0.2) is 37.2 Å². The van der Waals surface area contributed by atoms with Crippen LogP contribution < -0.4 is 10.6 Å². The standard InChI is InChI=1S/C15H25N3O2/c1-5-13-9-12(10-14(18-13)16-6-2)15(19)17-11(3)7-8-20-4/h9-11H,5-8H2,1-4H3,(H,16,18)(H,17,19). The fourth-order valence-corrected chi connectivity index (χ4v) is 1.85. The molecule has 1 heterocycles. The van der Waals surface area contributed by atoms with Crippen LogP contribution in [0.5, 0.6) is 0 Å². The maximum absolute atomic E-state index is 12.2. The van der Waals surface area contributed by atoms with Gasteiger partial charge in [-0.3, -0.25) is 4.79 Å². The molecule has 0 aliphatic carbocycles. The van der Waals surface area contributed by atoms with E-state index >= 15 is 0 Å². The fraction of sp³-hybridized carbons (Fsp3) is 0.600. The molecule has 0 saturated heterocycles. The highest BCUT2D eigenvalue weighted by Crippen LogP contribution is 2.11. The van der Waals surface area contributed by atoms with Crippen molar-refractivity contribution in [2.75, 3.05) is 25.6 Å². The molecule has 112 valence electrons. The van der Waals surface area contributed by atoms with Crippen molar-refractivity contribution in [3.05, 3.63) is 23.4 Å². The molecule has 0 fully saturated rings. The van der Waals surface area contributed by atoms with E-state index in [4.69, 9.17) is 4.74 Å². The van der Waals surface area contributed by atoms with Crippen molar-refractivity contribution >= 4 is 11.7 Å². The summed E-state index contributed by atoms with van der Waals surface area (Å²) in [6, 6.07) is 3.73. The van der Waals surface area contributed by atoms with Crippen LogP contribution in [0, 0.1) is 0 Å². The number of hydrogen-bond donors (Lipinski definition) is 2. The van der Waals surface area contributed by atoms with Crippen molar-refractivity contribution in [3.8, 4) is 0 Å². The summed E-state index contributed by atoms with van der Waals surface area (Å²) in [6.07, 6.45) is 1.60. The zero-order valence-corrected chi connectivity index (χ0v) is 12.8. The maximum Gasteiger partial charge on any atom is 0.251 e. The number of ether oxygens (including phenoxy) is 1. The Balaban J connectivity index is 2.77. The Kier molecular flexibility index (Phi) is 7.01. The van der Waals surface area contributed by atoms with Gasteiger partial charge in [0.25, 0.3) is 5.91 Å². The quantitative estimate of drug-likeness (QED) is 0.766. The number of aryl methyl sites for hydroxylation is 1. The minimum absolute atomic E-state index is 0.0649. The third-order valence-corrected chi connectivity index (χ3v) is 2.99. The number of amides is 1. The van der Waals surface area contributed by atoms with Gasteiger partial charge in [0.1, 0.15) is 5.82 Å². The summed E-state index contributed by atoms with van der Waals surface area (Å²) in [6.45, 7) is 7.43. The van der Waals surface area contributed by atoms with Crippen LogP contribution in [0.25, 0.3) is 0 Å². The van der Waals surface area contributed by atoms with E-state index in [1.54, 1.807) is 13.2 Å². The number of methoxy groups -OCH3 is 1. The van der Waals surface area contributed by atoms with E-state index in [0.29, 0.717) is 12.2 Å². The summed E-state index contributed by atoms with van der Waals surface area (Å²) < 4.78 is 5.02. The molecular formula is C15H25N3O2. The lowest BCUT2D eigenvalue weighted by atomic mass is 10.1. The zero-order chi connectivity index (χ0) is 15.0. The lowest BCUT2D eigenvalue weighted by Crippen LogP contribution is -2.33. The summed E-state index contributed by atoms with van der Waals surface area (Å²) in [5.41, 5.74) is 1.57. The Morgan fingerprint density at radius 3 is 2.75 bits per heavy atom. The van der Waals surface area contributed by atoms with E-state index in [-0.39, 0.29) is 11.9 Å². The predicted molar refractivity (Wildman–Crippen MR) is 81.2 cm³/mol. The highest BCUT2D eigenvalue weighted by molar-refractivity contribution is 5.95. The molecule has 1 aromatic heterocycles. The van der Waals surface area contributed by atoms with Crippen LogP contribution in [0.15, 0.2) is 12.1 Å². The van der Waals surface area contributed by atoms with Crippen molar-refractivity contribution in [3.63, 3.8) is 0 Å². The van der Waals surface area contributed by atoms with Crippen LogP contribution in [0.1, 0.15) is 43.2 Å². The Morgan fingerprint density at radius 1 is 1.40 bits per heavy atom. The number of carbonyl (C=O) groups is 1. The molecule has 5 heteroatoms. The molecule has 20 heavy (non-hydrogen) atoms. The first-order valence-corrected chi connectivity index (χ1v) is 7.15. The van der Waals surface area contributed by atoms with Gasteiger partial charge in [0.2, 0.25) is 0 Å². The second-order valence-electron chi connectivity index (χ2n) is 4.77. The highest BCUT2D eigenvalue weighted by Gasteiger charge is 2.12. The average molecular weight is 279 g/mol. The molecule has 0 saturated carbocycles. The van der Waals surface area contributed by atoms with Gasteiger partial charge in [-0.2, -0.15) is 0 Å². The molecule has 0 aliphatic heterocycles. The van der Waals surface area contributed by atoms with E-state index in [1.807, 2.05) is 26.8 Å². The third-order valence-electron chi connectivity index (χ3n) is 2.99. The van der Waals surface area contributed by atoms with Crippen LogP contribution in [0.4, 0.5) is 5.82 Å². The second-order valence-corrected chi connectivity index (χ2v) is 4.77. The molecule has 0 aliphatic rings. The van der Waals surface area contributed by atoms with Crippen LogP contribution in [-0.2, 0) is 11.2 Å². The zero-order valence-electron chi connectivity index (χ0n) is 12.8. The van der Waals surface area contributed by atoms with Gasteiger partial charge in [-0.15, -0.1) is 0 Å². The summed E-state index contributed by atoms with van der Waals surface area (Å²) in [7, 11) is 1.66.